The lowest BCUT2D eigenvalue weighted by Crippen LogP contribution is -2.45. The smallest absolute Gasteiger partial charge is 0.249 e. The second kappa shape index (κ2) is 7.11. The van der Waals surface area contributed by atoms with Gasteiger partial charge >= 0.3 is 0 Å². The second-order valence-electron chi connectivity index (χ2n) is 7.44. The van der Waals surface area contributed by atoms with E-state index in [4.69, 9.17) is 0 Å². The predicted octanol–water partition coefficient (Wildman–Crippen LogP) is 2.51. The number of nitrogens with zero attached hydrogens (tertiary/aromatic N) is 2. The summed E-state index contributed by atoms with van der Waals surface area (Å²) in [5.41, 5.74) is 4.15. The number of aromatic nitrogens is 1. The number of aryl methyl sites for hydroxylation is 1. The van der Waals surface area contributed by atoms with E-state index in [1.807, 2.05) is 50.2 Å². The van der Waals surface area contributed by atoms with Gasteiger partial charge in [-0.25, -0.2) is 0 Å². The summed E-state index contributed by atoms with van der Waals surface area (Å²) in [4.78, 5) is 38.0. The number of rotatable bonds is 5. The molecular formula is C22H23N3O3. The number of carbonyl (C=O) groups excluding carboxylic acids is 3. The van der Waals surface area contributed by atoms with Crippen molar-refractivity contribution in [2.75, 3.05) is 0 Å². The molecule has 144 valence electrons. The van der Waals surface area contributed by atoms with Crippen molar-refractivity contribution in [1.29, 1.82) is 0 Å². The molecule has 1 aliphatic heterocycles. The third-order valence-electron chi connectivity index (χ3n) is 5.36. The maximum Gasteiger partial charge on any atom is 0.249 e. The first-order valence-electron chi connectivity index (χ1n) is 9.54. The summed E-state index contributed by atoms with van der Waals surface area (Å²) >= 11 is 0. The summed E-state index contributed by atoms with van der Waals surface area (Å²) in [5, 5.41) is 2.30. The molecule has 0 radical (unpaired) electrons. The quantitative estimate of drug-likeness (QED) is 0.643. The van der Waals surface area contributed by atoms with Crippen LogP contribution in [0.3, 0.4) is 0 Å². The largest absolute Gasteiger partial charge is 0.324 e. The van der Waals surface area contributed by atoms with Crippen LogP contribution in [0.2, 0.25) is 0 Å². The average molecular weight is 377 g/mol. The Bertz CT molecular complexity index is 970. The molecule has 2 aliphatic rings. The average Bonchev–Trinajstić information content (AvgIpc) is 3.38. The zero-order valence-corrected chi connectivity index (χ0v) is 16.0. The second-order valence-corrected chi connectivity index (χ2v) is 7.44. The van der Waals surface area contributed by atoms with Gasteiger partial charge in [0.2, 0.25) is 17.7 Å². The Kier molecular flexibility index (Phi) is 4.63. The highest BCUT2D eigenvalue weighted by molar-refractivity contribution is 6.08. The first-order chi connectivity index (χ1) is 13.5. The minimum absolute atomic E-state index is 0.0514. The van der Waals surface area contributed by atoms with Gasteiger partial charge in [-0.2, -0.15) is 0 Å². The lowest BCUT2D eigenvalue weighted by molar-refractivity contribution is -0.135. The van der Waals surface area contributed by atoms with Gasteiger partial charge in [0.1, 0.15) is 6.04 Å². The summed E-state index contributed by atoms with van der Waals surface area (Å²) in [6.45, 7) is 4.05. The van der Waals surface area contributed by atoms with Crippen molar-refractivity contribution in [3.8, 4) is 5.69 Å². The summed E-state index contributed by atoms with van der Waals surface area (Å²) < 4.78 is 2.14. The summed E-state index contributed by atoms with van der Waals surface area (Å²) in [6.07, 6.45) is 5.12. The van der Waals surface area contributed by atoms with E-state index < -0.39 is 6.04 Å². The van der Waals surface area contributed by atoms with Gasteiger partial charge in [-0.1, -0.05) is 18.2 Å². The molecule has 1 atom stereocenters. The van der Waals surface area contributed by atoms with E-state index in [0.717, 1.165) is 35.5 Å². The minimum Gasteiger partial charge on any atom is -0.324 e. The molecule has 1 aliphatic carbocycles. The third-order valence-corrected chi connectivity index (χ3v) is 5.36. The fraction of sp³-hybridized carbons (Fsp3) is 0.318. The molecule has 6 heteroatoms. The monoisotopic (exact) mass is 377 g/mol. The molecule has 4 rings (SSSR count). The van der Waals surface area contributed by atoms with Crippen LogP contribution in [0, 0.1) is 13.8 Å². The SMILES string of the molecule is Cc1cc(C=CC(=O)N(C2CC2)C2CC(=O)NC2=O)c(C)n1-c1ccccc1. The minimum atomic E-state index is -0.686. The van der Waals surface area contributed by atoms with E-state index in [0.29, 0.717) is 0 Å². The Morgan fingerprint density at radius 1 is 1.18 bits per heavy atom. The Hall–Kier alpha value is -3.15. The normalized spacial score (nSPS) is 19.3. The summed E-state index contributed by atoms with van der Waals surface area (Å²) in [6, 6.07) is 11.5. The van der Waals surface area contributed by atoms with Crippen molar-refractivity contribution in [2.45, 2.75) is 45.2 Å². The van der Waals surface area contributed by atoms with Gasteiger partial charge in [0.15, 0.2) is 0 Å². The van der Waals surface area contributed by atoms with E-state index >= 15 is 0 Å². The molecule has 1 aromatic carbocycles. The molecular weight excluding hydrogens is 354 g/mol. The lowest BCUT2D eigenvalue weighted by atomic mass is 10.1. The molecule has 1 N–H and O–H groups in total. The number of benzene rings is 1. The van der Waals surface area contributed by atoms with Crippen LogP contribution in [0.1, 0.15) is 36.2 Å². The van der Waals surface area contributed by atoms with E-state index in [-0.39, 0.29) is 30.2 Å². The molecule has 2 heterocycles. The number of hydrogen-bond acceptors (Lipinski definition) is 3. The lowest BCUT2D eigenvalue weighted by Gasteiger charge is -2.25. The van der Waals surface area contributed by atoms with Crippen LogP contribution in [0.25, 0.3) is 11.8 Å². The fourth-order valence-electron chi connectivity index (χ4n) is 3.88. The molecule has 0 bridgehead atoms. The standard InChI is InChI=1S/C22H23N3O3/c1-14-12-16(15(2)24(14)17-6-4-3-5-7-17)8-11-21(27)25(18-9-10-18)19-13-20(26)23-22(19)28/h3-8,11-12,18-19H,9-10,13H2,1-2H3,(H,23,26,28). The molecule has 1 aromatic heterocycles. The van der Waals surface area contributed by atoms with Gasteiger partial charge in [0.05, 0.1) is 6.42 Å². The number of imide groups is 1. The van der Waals surface area contributed by atoms with Crippen LogP contribution >= 0.6 is 0 Å². The van der Waals surface area contributed by atoms with Crippen LogP contribution in [-0.2, 0) is 14.4 Å². The number of amides is 3. The molecule has 2 fully saturated rings. The van der Waals surface area contributed by atoms with Gasteiger partial charge in [-0.15, -0.1) is 0 Å². The van der Waals surface area contributed by atoms with Gasteiger partial charge in [-0.05, 0) is 56.5 Å². The maximum absolute atomic E-state index is 12.9. The molecule has 28 heavy (non-hydrogen) atoms. The first-order valence-corrected chi connectivity index (χ1v) is 9.54. The number of carbonyl (C=O) groups is 3. The Labute approximate surface area is 163 Å². The van der Waals surface area contributed by atoms with Crippen molar-refractivity contribution in [3.63, 3.8) is 0 Å². The maximum atomic E-state index is 12.9. The van der Waals surface area contributed by atoms with Crippen molar-refractivity contribution in [1.82, 2.24) is 14.8 Å². The summed E-state index contributed by atoms with van der Waals surface area (Å²) in [5.74, 6) is -0.911. The molecule has 6 nitrogen and oxygen atoms in total. The molecule has 1 saturated heterocycles. The zero-order chi connectivity index (χ0) is 19.8. The van der Waals surface area contributed by atoms with Gasteiger partial charge < -0.3 is 9.47 Å². The van der Waals surface area contributed by atoms with Crippen molar-refractivity contribution < 1.29 is 14.4 Å². The Morgan fingerprint density at radius 3 is 2.50 bits per heavy atom. The highest BCUT2D eigenvalue weighted by Gasteiger charge is 2.43. The Morgan fingerprint density at radius 2 is 1.89 bits per heavy atom. The highest BCUT2D eigenvalue weighted by atomic mass is 16.2. The molecule has 3 amide bonds. The number of hydrogen-bond donors (Lipinski definition) is 1. The predicted molar refractivity (Wildman–Crippen MR) is 106 cm³/mol. The van der Waals surface area contributed by atoms with Crippen LogP contribution in [-0.4, -0.2) is 39.3 Å². The van der Waals surface area contributed by atoms with E-state index in [1.165, 1.54) is 6.08 Å². The fourth-order valence-corrected chi connectivity index (χ4v) is 3.88. The van der Waals surface area contributed by atoms with Crippen LogP contribution in [0.5, 0.6) is 0 Å². The molecule has 0 spiro atoms. The van der Waals surface area contributed by atoms with Crippen molar-refractivity contribution in [3.05, 3.63) is 59.4 Å². The zero-order valence-electron chi connectivity index (χ0n) is 16.0. The van der Waals surface area contributed by atoms with Crippen LogP contribution in [0.4, 0.5) is 0 Å². The van der Waals surface area contributed by atoms with Gasteiger partial charge in [-0.3, -0.25) is 19.7 Å². The van der Waals surface area contributed by atoms with Crippen LogP contribution < -0.4 is 5.32 Å². The third kappa shape index (κ3) is 3.38. The van der Waals surface area contributed by atoms with E-state index in [2.05, 4.69) is 9.88 Å². The molecule has 2 aromatic rings. The van der Waals surface area contributed by atoms with Crippen molar-refractivity contribution in [2.24, 2.45) is 0 Å². The summed E-state index contributed by atoms with van der Waals surface area (Å²) in [7, 11) is 0. The van der Waals surface area contributed by atoms with Crippen LogP contribution in [0.15, 0.2) is 42.5 Å². The van der Waals surface area contributed by atoms with Gasteiger partial charge in [0.25, 0.3) is 0 Å². The van der Waals surface area contributed by atoms with E-state index in [9.17, 15) is 14.4 Å². The van der Waals surface area contributed by atoms with Gasteiger partial charge in [0, 0.05) is 29.2 Å². The molecule has 1 unspecified atom stereocenters. The molecule has 1 saturated carbocycles. The van der Waals surface area contributed by atoms with Crippen molar-refractivity contribution >= 4 is 23.8 Å². The highest BCUT2D eigenvalue weighted by Crippen LogP contribution is 2.31. The number of nitrogens with one attached hydrogen (secondary N) is 1. The topological polar surface area (TPSA) is 71.4 Å². The number of para-hydroxylation sites is 1. The Balaban J connectivity index is 1.58. The first kappa shape index (κ1) is 18.2. The van der Waals surface area contributed by atoms with E-state index in [1.54, 1.807) is 11.0 Å².